The van der Waals surface area contributed by atoms with Crippen LogP contribution < -0.4 is 10.9 Å². The molecule has 0 amide bonds. The summed E-state index contributed by atoms with van der Waals surface area (Å²) in [5.41, 5.74) is 1.11. The first kappa shape index (κ1) is 15.0. The summed E-state index contributed by atoms with van der Waals surface area (Å²) in [5.74, 6) is 0.375. The average Bonchev–Trinajstić information content (AvgIpc) is 3.03. The number of anilines is 1. The number of hydrogen-bond donors (Lipinski definition) is 2. The maximum Gasteiger partial charge on any atom is 0.274 e. The predicted octanol–water partition coefficient (Wildman–Crippen LogP) is 2.00. The van der Waals surface area contributed by atoms with E-state index in [-0.39, 0.29) is 11.7 Å². The van der Waals surface area contributed by atoms with Crippen molar-refractivity contribution >= 4 is 17.5 Å². The number of ether oxygens (including phenoxy) is 1. The number of nitrogens with zero attached hydrogens (tertiary/aromatic N) is 2. The third-order valence-corrected chi connectivity index (χ3v) is 3.82. The first-order chi connectivity index (χ1) is 10.7. The van der Waals surface area contributed by atoms with Crippen molar-refractivity contribution in [2.75, 3.05) is 18.5 Å². The lowest BCUT2D eigenvalue weighted by atomic mass is 10.1. The summed E-state index contributed by atoms with van der Waals surface area (Å²) >= 11 is 5.84. The molecular weight excluding hydrogens is 304 g/mol. The lowest BCUT2D eigenvalue weighted by molar-refractivity contribution is 0.120. The molecule has 1 saturated heterocycles. The summed E-state index contributed by atoms with van der Waals surface area (Å²) in [5, 5.41) is 11.7. The highest BCUT2D eigenvalue weighted by Gasteiger charge is 2.15. The number of benzene rings is 1. The molecule has 1 aromatic carbocycles. The van der Waals surface area contributed by atoms with Gasteiger partial charge in [-0.25, -0.2) is 0 Å². The van der Waals surface area contributed by atoms with Crippen LogP contribution in [0.3, 0.4) is 0 Å². The average molecular weight is 321 g/mol. The second kappa shape index (κ2) is 6.89. The first-order valence-corrected chi connectivity index (χ1v) is 7.64. The first-order valence-electron chi connectivity index (χ1n) is 7.26. The number of hydrogen-bond acceptors (Lipinski definition) is 5. The van der Waals surface area contributed by atoms with E-state index in [1.165, 1.54) is 0 Å². The smallest absolute Gasteiger partial charge is 0.274 e. The van der Waals surface area contributed by atoms with Crippen molar-refractivity contribution in [2.24, 2.45) is 0 Å². The van der Waals surface area contributed by atoms with Crippen LogP contribution in [-0.2, 0) is 11.2 Å². The molecule has 2 aromatic rings. The Bertz CT molecular complexity index is 681. The normalized spacial score (nSPS) is 17.6. The molecule has 22 heavy (non-hydrogen) atoms. The summed E-state index contributed by atoms with van der Waals surface area (Å²) in [6, 6.07) is 7.31. The number of aromatic nitrogens is 3. The van der Waals surface area contributed by atoms with E-state index in [4.69, 9.17) is 16.3 Å². The largest absolute Gasteiger partial charge is 0.376 e. The molecule has 2 heterocycles. The van der Waals surface area contributed by atoms with Crippen LogP contribution >= 0.6 is 11.6 Å². The van der Waals surface area contributed by atoms with Gasteiger partial charge < -0.3 is 10.1 Å². The van der Waals surface area contributed by atoms with Crippen molar-refractivity contribution in [1.29, 1.82) is 0 Å². The van der Waals surface area contributed by atoms with Crippen LogP contribution in [0.5, 0.6) is 0 Å². The highest BCUT2D eigenvalue weighted by molar-refractivity contribution is 6.30. The molecule has 1 fully saturated rings. The van der Waals surface area contributed by atoms with Gasteiger partial charge in [0.2, 0.25) is 5.95 Å². The molecule has 0 aliphatic carbocycles. The van der Waals surface area contributed by atoms with Crippen molar-refractivity contribution in [1.82, 2.24) is 15.2 Å². The molecular formula is C15H17ClN4O2. The van der Waals surface area contributed by atoms with Crippen LogP contribution in [-0.4, -0.2) is 34.4 Å². The minimum atomic E-state index is -0.236. The van der Waals surface area contributed by atoms with Gasteiger partial charge in [0.1, 0.15) is 5.69 Å². The van der Waals surface area contributed by atoms with Crippen molar-refractivity contribution in [3.63, 3.8) is 0 Å². The lowest BCUT2D eigenvalue weighted by Gasteiger charge is -2.10. The van der Waals surface area contributed by atoms with E-state index in [9.17, 15) is 4.79 Å². The zero-order valence-electron chi connectivity index (χ0n) is 12.0. The maximum atomic E-state index is 12.1. The molecule has 0 bridgehead atoms. The van der Waals surface area contributed by atoms with Gasteiger partial charge in [-0.05, 0) is 30.5 Å². The Morgan fingerprint density at radius 1 is 1.32 bits per heavy atom. The van der Waals surface area contributed by atoms with Crippen LogP contribution in [0.4, 0.5) is 5.95 Å². The van der Waals surface area contributed by atoms with Gasteiger partial charge in [-0.15, -0.1) is 10.2 Å². The summed E-state index contributed by atoms with van der Waals surface area (Å²) in [7, 11) is 0. The molecule has 7 heteroatoms. The molecule has 1 aliphatic heterocycles. The van der Waals surface area contributed by atoms with Crippen molar-refractivity contribution in [3.8, 4) is 0 Å². The third-order valence-electron chi connectivity index (χ3n) is 3.57. The van der Waals surface area contributed by atoms with Gasteiger partial charge in [-0.2, -0.15) is 0 Å². The van der Waals surface area contributed by atoms with E-state index in [2.05, 4.69) is 20.5 Å². The molecule has 2 N–H and O–H groups in total. The van der Waals surface area contributed by atoms with Crippen LogP contribution in [0.2, 0.25) is 5.02 Å². The minimum Gasteiger partial charge on any atom is -0.376 e. The van der Waals surface area contributed by atoms with Gasteiger partial charge in [0.15, 0.2) is 0 Å². The molecule has 0 radical (unpaired) electrons. The fourth-order valence-corrected chi connectivity index (χ4v) is 2.49. The number of H-pyrrole nitrogens is 1. The second-order valence-corrected chi connectivity index (χ2v) is 5.71. The van der Waals surface area contributed by atoms with Gasteiger partial charge in [0, 0.05) is 24.6 Å². The van der Waals surface area contributed by atoms with E-state index in [1.807, 2.05) is 12.1 Å². The monoisotopic (exact) mass is 320 g/mol. The number of rotatable bonds is 5. The zero-order chi connectivity index (χ0) is 15.4. The highest BCUT2D eigenvalue weighted by Crippen LogP contribution is 2.12. The summed E-state index contributed by atoms with van der Waals surface area (Å²) in [4.78, 5) is 14.8. The van der Waals surface area contributed by atoms with E-state index in [0.717, 1.165) is 25.0 Å². The maximum absolute atomic E-state index is 12.1. The number of aromatic amines is 1. The Labute approximate surface area is 132 Å². The third kappa shape index (κ3) is 3.84. The molecule has 116 valence electrons. The molecule has 1 aromatic heterocycles. The minimum absolute atomic E-state index is 0.180. The zero-order valence-corrected chi connectivity index (χ0v) is 12.8. The SMILES string of the molecule is O=c1[nH]c(NC[C@@H]2CCCO2)nnc1Cc1ccc(Cl)cc1. The molecule has 3 rings (SSSR count). The topological polar surface area (TPSA) is 79.9 Å². The van der Waals surface area contributed by atoms with Gasteiger partial charge in [0.05, 0.1) is 6.10 Å². The second-order valence-electron chi connectivity index (χ2n) is 5.27. The molecule has 0 unspecified atom stereocenters. The van der Waals surface area contributed by atoms with Gasteiger partial charge >= 0.3 is 0 Å². The van der Waals surface area contributed by atoms with Crippen LogP contribution in [0.25, 0.3) is 0 Å². The lowest BCUT2D eigenvalue weighted by Crippen LogP contribution is -2.24. The Morgan fingerprint density at radius 3 is 2.82 bits per heavy atom. The highest BCUT2D eigenvalue weighted by atomic mass is 35.5. The summed E-state index contributed by atoms with van der Waals surface area (Å²) in [6.07, 6.45) is 2.71. The van der Waals surface area contributed by atoms with Crippen molar-refractivity contribution in [3.05, 3.63) is 50.9 Å². The quantitative estimate of drug-likeness (QED) is 0.881. The fraction of sp³-hybridized carbons (Fsp3) is 0.400. The molecule has 0 saturated carbocycles. The molecule has 1 atom stereocenters. The van der Waals surface area contributed by atoms with Gasteiger partial charge in [-0.3, -0.25) is 9.78 Å². The number of nitrogens with one attached hydrogen (secondary N) is 2. The molecule has 1 aliphatic rings. The Kier molecular flexibility index (Phi) is 4.70. The standard InChI is InChI=1S/C15H17ClN4O2/c16-11-5-3-10(4-6-11)8-13-14(21)18-15(20-19-13)17-9-12-2-1-7-22-12/h3-6,12H,1-2,7-9H2,(H2,17,18,20,21)/t12-/m0/s1. The van der Waals surface area contributed by atoms with E-state index < -0.39 is 0 Å². The predicted molar refractivity (Wildman–Crippen MR) is 84.4 cm³/mol. The Morgan fingerprint density at radius 2 is 2.14 bits per heavy atom. The van der Waals surface area contributed by atoms with Crippen LogP contribution in [0.1, 0.15) is 24.1 Å². The Hall–Kier alpha value is -1.92. The summed E-state index contributed by atoms with van der Waals surface area (Å²) < 4.78 is 5.50. The van der Waals surface area contributed by atoms with E-state index >= 15 is 0 Å². The Balaban J connectivity index is 1.63. The summed E-state index contributed by atoms with van der Waals surface area (Å²) in [6.45, 7) is 1.43. The van der Waals surface area contributed by atoms with Crippen LogP contribution in [0.15, 0.2) is 29.1 Å². The number of halogens is 1. The molecule has 6 nitrogen and oxygen atoms in total. The fourth-order valence-electron chi connectivity index (χ4n) is 2.37. The van der Waals surface area contributed by atoms with E-state index in [1.54, 1.807) is 12.1 Å². The van der Waals surface area contributed by atoms with Gasteiger partial charge in [-0.1, -0.05) is 23.7 Å². The van der Waals surface area contributed by atoms with Crippen molar-refractivity contribution < 1.29 is 4.74 Å². The van der Waals surface area contributed by atoms with Gasteiger partial charge in [0.25, 0.3) is 5.56 Å². The van der Waals surface area contributed by atoms with Crippen LogP contribution in [0, 0.1) is 0 Å². The molecule has 0 spiro atoms. The van der Waals surface area contributed by atoms with Crippen molar-refractivity contribution in [2.45, 2.75) is 25.4 Å². The van der Waals surface area contributed by atoms with E-state index in [0.29, 0.717) is 29.6 Å².